The molecule has 0 bridgehead atoms. The zero-order chi connectivity index (χ0) is 15.9. The monoisotopic (exact) mass is 304 g/mol. The topological polar surface area (TPSA) is 73.4 Å². The minimum Gasteiger partial charge on any atom is -0.481 e. The molecule has 0 unspecified atom stereocenters. The Morgan fingerprint density at radius 3 is 2.86 bits per heavy atom. The van der Waals surface area contributed by atoms with E-state index in [4.69, 9.17) is 9.26 Å². The molecule has 0 aliphatic carbocycles. The highest BCUT2D eigenvalue weighted by atomic mass is 16.5. The maximum atomic E-state index is 12.7. The van der Waals surface area contributed by atoms with Crippen molar-refractivity contribution in [1.82, 2.24) is 19.8 Å². The normalized spacial score (nSPS) is 18.0. The van der Waals surface area contributed by atoms with Crippen molar-refractivity contribution in [2.75, 3.05) is 13.7 Å². The van der Waals surface area contributed by atoms with Crippen LogP contribution in [-0.2, 0) is 7.05 Å². The molecule has 0 aromatic carbocycles. The van der Waals surface area contributed by atoms with E-state index in [-0.39, 0.29) is 11.9 Å². The number of nitrogens with zero attached hydrogens (tertiary/aromatic N) is 4. The van der Waals surface area contributed by atoms with Crippen LogP contribution in [0.2, 0.25) is 0 Å². The molecule has 118 valence electrons. The van der Waals surface area contributed by atoms with Gasteiger partial charge >= 0.3 is 0 Å². The zero-order valence-corrected chi connectivity index (χ0v) is 13.3. The second-order valence-electron chi connectivity index (χ2n) is 5.61. The molecular formula is C15H20N4O3. The van der Waals surface area contributed by atoms with Gasteiger partial charge in [0.15, 0.2) is 5.69 Å². The lowest BCUT2D eigenvalue weighted by Crippen LogP contribution is -2.31. The fourth-order valence-electron chi connectivity index (χ4n) is 3.20. The van der Waals surface area contributed by atoms with Gasteiger partial charge in [-0.3, -0.25) is 4.79 Å². The summed E-state index contributed by atoms with van der Waals surface area (Å²) in [5.74, 6) is 1.23. The molecule has 2 aromatic heterocycles. The summed E-state index contributed by atoms with van der Waals surface area (Å²) < 4.78 is 12.2. The molecule has 22 heavy (non-hydrogen) atoms. The highest BCUT2D eigenvalue weighted by Gasteiger charge is 2.36. The van der Waals surface area contributed by atoms with Crippen molar-refractivity contribution in [1.29, 1.82) is 0 Å². The lowest BCUT2D eigenvalue weighted by molar-refractivity contribution is 0.0723. The van der Waals surface area contributed by atoms with Crippen molar-refractivity contribution in [2.45, 2.75) is 32.7 Å². The van der Waals surface area contributed by atoms with Gasteiger partial charge in [0.1, 0.15) is 5.76 Å². The summed E-state index contributed by atoms with van der Waals surface area (Å²) in [6.07, 6.45) is 1.84. The maximum absolute atomic E-state index is 12.7. The molecule has 0 saturated carbocycles. The average Bonchev–Trinajstić information content (AvgIpc) is 3.16. The molecule has 1 atom stereocenters. The highest BCUT2D eigenvalue weighted by molar-refractivity contribution is 5.92. The summed E-state index contributed by atoms with van der Waals surface area (Å²) in [5.41, 5.74) is 2.22. The van der Waals surface area contributed by atoms with E-state index in [1.165, 1.54) is 0 Å². The van der Waals surface area contributed by atoms with Crippen molar-refractivity contribution < 1.29 is 14.1 Å². The van der Waals surface area contributed by atoms with Crippen LogP contribution in [0.25, 0.3) is 0 Å². The Morgan fingerprint density at radius 2 is 2.23 bits per heavy atom. The molecule has 1 saturated heterocycles. The molecule has 1 aliphatic rings. The lowest BCUT2D eigenvalue weighted by atomic mass is 10.0. The van der Waals surface area contributed by atoms with E-state index >= 15 is 0 Å². The van der Waals surface area contributed by atoms with E-state index in [1.807, 2.05) is 18.9 Å². The number of likely N-dealkylation sites (tertiary alicyclic amines) is 1. The molecule has 7 heteroatoms. The standard InChI is InChI=1S/C15H20N4O3/c1-9-8-11(17-22-9)14(20)19-7-5-6-12(19)13-10(2)16-18(3)15(13)21-4/h8,12H,5-7H2,1-4H3/t12-/m0/s1. The van der Waals surface area contributed by atoms with Gasteiger partial charge in [0.25, 0.3) is 5.91 Å². The van der Waals surface area contributed by atoms with Crippen molar-refractivity contribution >= 4 is 5.91 Å². The first-order valence-electron chi connectivity index (χ1n) is 7.34. The molecule has 3 rings (SSSR count). The van der Waals surface area contributed by atoms with Gasteiger partial charge < -0.3 is 14.2 Å². The van der Waals surface area contributed by atoms with Crippen molar-refractivity contribution in [3.63, 3.8) is 0 Å². The number of amides is 1. The van der Waals surface area contributed by atoms with Crippen LogP contribution in [0.1, 0.15) is 46.4 Å². The minimum atomic E-state index is -0.107. The van der Waals surface area contributed by atoms with Gasteiger partial charge in [0.2, 0.25) is 5.88 Å². The van der Waals surface area contributed by atoms with Crippen LogP contribution in [0.4, 0.5) is 0 Å². The van der Waals surface area contributed by atoms with Crippen LogP contribution in [0.3, 0.4) is 0 Å². The Bertz CT molecular complexity index is 704. The quantitative estimate of drug-likeness (QED) is 0.867. The Labute approximate surface area is 128 Å². The molecule has 1 amide bonds. The molecule has 1 fully saturated rings. The summed E-state index contributed by atoms with van der Waals surface area (Å²) in [5, 5.41) is 8.26. The van der Waals surface area contributed by atoms with Gasteiger partial charge in [-0.2, -0.15) is 5.10 Å². The number of carbonyl (C=O) groups excluding carboxylic acids is 1. The first-order chi connectivity index (χ1) is 10.5. The molecule has 0 radical (unpaired) electrons. The van der Waals surface area contributed by atoms with Crippen LogP contribution in [0.5, 0.6) is 5.88 Å². The molecular weight excluding hydrogens is 284 g/mol. The van der Waals surface area contributed by atoms with Crippen molar-refractivity contribution in [3.8, 4) is 5.88 Å². The summed E-state index contributed by atoms with van der Waals surface area (Å²) >= 11 is 0. The predicted molar refractivity (Wildman–Crippen MR) is 78.7 cm³/mol. The smallest absolute Gasteiger partial charge is 0.276 e. The summed E-state index contributed by atoms with van der Waals surface area (Å²) in [6.45, 7) is 4.42. The zero-order valence-electron chi connectivity index (χ0n) is 13.3. The molecule has 0 spiro atoms. The number of carbonyl (C=O) groups is 1. The number of aryl methyl sites for hydroxylation is 3. The molecule has 3 heterocycles. The number of aromatic nitrogens is 3. The Morgan fingerprint density at radius 1 is 1.45 bits per heavy atom. The largest absolute Gasteiger partial charge is 0.481 e. The first kappa shape index (κ1) is 14.6. The van der Waals surface area contributed by atoms with Gasteiger partial charge in [-0.1, -0.05) is 5.16 Å². The van der Waals surface area contributed by atoms with Gasteiger partial charge in [0, 0.05) is 19.7 Å². The first-order valence-corrected chi connectivity index (χ1v) is 7.34. The fraction of sp³-hybridized carbons (Fsp3) is 0.533. The fourth-order valence-corrected chi connectivity index (χ4v) is 3.20. The van der Waals surface area contributed by atoms with Crippen LogP contribution in [0.15, 0.2) is 10.6 Å². The summed E-state index contributed by atoms with van der Waals surface area (Å²) in [4.78, 5) is 14.5. The maximum Gasteiger partial charge on any atom is 0.276 e. The average molecular weight is 304 g/mol. The molecule has 0 N–H and O–H groups in total. The molecule has 1 aliphatic heterocycles. The summed E-state index contributed by atoms with van der Waals surface area (Å²) in [7, 11) is 3.47. The van der Waals surface area contributed by atoms with Crippen LogP contribution >= 0.6 is 0 Å². The van der Waals surface area contributed by atoms with Gasteiger partial charge in [-0.15, -0.1) is 0 Å². The minimum absolute atomic E-state index is 0.0341. The van der Waals surface area contributed by atoms with E-state index in [1.54, 1.807) is 24.8 Å². The van der Waals surface area contributed by atoms with Crippen LogP contribution in [-0.4, -0.2) is 39.4 Å². The van der Waals surface area contributed by atoms with Crippen LogP contribution in [0, 0.1) is 13.8 Å². The van der Waals surface area contributed by atoms with Gasteiger partial charge in [0.05, 0.1) is 24.4 Å². The van der Waals surface area contributed by atoms with Crippen molar-refractivity contribution in [2.24, 2.45) is 7.05 Å². The van der Waals surface area contributed by atoms with E-state index in [9.17, 15) is 4.79 Å². The number of hydrogen-bond acceptors (Lipinski definition) is 5. The molecule has 2 aromatic rings. The van der Waals surface area contributed by atoms with Gasteiger partial charge in [-0.25, -0.2) is 4.68 Å². The Hall–Kier alpha value is -2.31. The number of methoxy groups -OCH3 is 1. The van der Waals surface area contributed by atoms with E-state index in [2.05, 4.69) is 10.3 Å². The third-order valence-electron chi connectivity index (χ3n) is 4.10. The van der Waals surface area contributed by atoms with E-state index < -0.39 is 0 Å². The van der Waals surface area contributed by atoms with Gasteiger partial charge in [-0.05, 0) is 26.7 Å². The van der Waals surface area contributed by atoms with E-state index in [0.717, 1.165) is 24.1 Å². The molecule has 7 nitrogen and oxygen atoms in total. The third kappa shape index (κ3) is 2.26. The number of ether oxygens (including phenoxy) is 1. The lowest BCUT2D eigenvalue weighted by Gasteiger charge is -2.24. The van der Waals surface area contributed by atoms with E-state index in [0.29, 0.717) is 23.9 Å². The highest BCUT2D eigenvalue weighted by Crippen LogP contribution is 2.39. The Balaban J connectivity index is 1.95. The van der Waals surface area contributed by atoms with Crippen LogP contribution < -0.4 is 4.74 Å². The SMILES string of the molecule is COc1c([C@@H]2CCCN2C(=O)c2cc(C)on2)c(C)nn1C. The second kappa shape index (κ2) is 5.47. The third-order valence-corrected chi connectivity index (χ3v) is 4.10. The Kier molecular flexibility index (Phi) is 3.64. The second-order valence-corrected chi connectivity index (χ2v) is 5.61. The summed E-state index contributed by atoms with van der Waals surface area (Å²) in [6, 6.07) is 1.64. The van der Waals surface area contributed by atoms with Crippen molar-refractivity contribution in [3.05, 3.63) is 28.8 Å². The predicted octanol–water partition coefficient (Wildman–Crippen LogP) is 2.01. The number of rotatable bonds is 3. The number of hydrogen-bond donors (Lipinski definition) is 0.